The summed E-state index contributed by atoms with van der Waals surface area (Å²) < 4.78 is 12.7. The second-order valence-corrected chi connectivity index (χ2v) is 4.40. The van der Waals surface area contributed by atoms with Crippen molar-refractivity contribution in [2.75, 3.05) is 13.7 Å². The number of carbonyl (C=O) groups excluding carboxylic acids is 1. The van der Waals surface area contributed by atoms with Gasteiger partial charge >= 0.3 is 5.97 Å². The molecular formula is C14H15NO3. The average molecular weight is 245 g/mol. The minimum atomic E-state index is -0.332. The van der Waals surface area contributed by atoms with E-state index in [2.05, 4.69) is 4.57 Å². The van der Waals surface area contributed by atoms with Crippen molar-refractivity contribution < 1.29 is 14.3 Å². The average Bonchev–Trinajstić information content (AvgIpc) is 2.57. The van der Waals surface area contributed by atoms with Crippen LogP contribution >= 0.6 is 0 Å². The summed E-state index contributed by atoms with van der Waals surface area (Å²) >= 11 is 0. The van der Waals surface area contributed by atoms with Crippen LogP contribution in [0.5, 0.6) is 5.88 Å². The van der Waals surface area contributed by atoms with Crippen LogP contribution in [0.25, 0.3) is 10.9 Å². The van der Waals surface area contributed by atoms with Gasteiger partial charge in [0.15, 0.2) is 0 Å². The maximum Gasteiger partial charge on any atom is 0.344 e. The fourth-order valence-corrected chi connectivity index (χ4v) is 2.49. The van der Waals surface area contributed by atoms with Crippen LogP contribution in [0.1, 0.15) is 23.2 Å². The summed E-state index contributed by atoms with van der Waals surface area (Å²) in [6, 6.07) is 7.85. The Labute approximate surface area is 105 Å². The number of nitrogens with zero attached hydrogens (tertiary/aromatic N) is 1. The van der Waals surface area contributed by atoms with Gasteiger partial charge in [0.2, 0.25) is 5.88 Å². The van der Waals surface area contributed by atoms with E-state index in [0.29, 0.717) is 18.1 Å². The molecule has 0 amide bonds. The highest BCUT2D eigenvalue weighted by Crippen LogP contribution is 2.34. The highest BCUT2D eigenvalue weighted by molar-refractivity contribution is 6.07. The number of esters is 1. The van der Waals surface area contributed by atoms with Gasteiger partial charge < -0.3 is 14.0 Å². The normalized spacial score (nSPS) is 14.7. The molecule has 18 heavy (non-hydrogen) atoms. The van der Waals surface area contributed by atoms with Crippen molar-refractivity contribution in [1.29, 1.82) is 0 Å². The number of benzene rings is 1. The number of ether oxygens (including phenoxy) is 2. The van der Waals surface area contributed by atoms with E-state index < -0.39 is 0 Å². The molecule has 0 spiro atoms. The van der Waals surface area contributed by atoms with Crippen molar-refractivity contribution in [3.8, 4) is 5.88 Å². The number of aryl methyl sites for hydroxylation is 1. The van der Waals surface area contributed by atoms with Gasteiger partial charge in [-0.15, -0.1) is 0 Å². The molecule has 2 aromatic rings. The summed E-state index contributed by atoms with van der Waals surface area (Å²) in [5.74, 6) is 0.322. The third kappa shape index (κ3) is 1.56. The van der Waals surface area contributed by atoms with E-state index in [9.17, 15) is 4.79 Å². The van der Waals surface area contributed by atoms with E-state index in [1.807, 2.05) is 24.3 Å². The van der Waals surface area contributed by atoms with Crippen LogP contribution in [0.15, 0.2) is 24.3 Å². The maximum atomic E-state index is 12.0. The van der Waals surface area contributed by atoms with E-state index in [0.717, 1.165) is 30.3 Å². The summed E-state index contributed by atoms with van der Waals surface area (Å²) in [6.45, 7) is 1.53. The highest BCUT2D eigenvalue weighted by atomic mass is 16.5. The monoisotopic (exact) mass is 245 g/mol. The lowest BCUT2D eigenvalue weighted by Crippen LogP contribution is -2.06. The van der Waals surface area contributed by atoms with Gasteiger partial charge in [0.05, 0.1) is 19.2 Å². The molecule has 0 saturated carbocycles. The third-order valence-corrected chi connectivity index (χ3v) is 3.33. The standard InChI is InChI=1S/C14H15NO3/c1-17-14(16)12-10-6-2-3-7-11(10)15-8-4-5-9-18-13(12)15/h2-3,6-7H,4-5,8-9H2,1H3. The highest BCUT2D eigenvalue weighted by Gasteiger charge is 2.25. The molecule has 0 atom stereocenters. The molecule has 1 aliphatic heterocycles. The van der Waals surface area contributed by atoms with E-state index >= 15 is 0 Å². The molecule has 0 radical (unpaired) electrons. The van der Waals surface area contributed by atoms with Gasteiger partial charge in [-0.25, -0.2) is 4.79 Å². The number of hydrogen-bond donors (Lipinski definition) is 0. The van der Waals surface area contributed by atoms with E-state index in [4.69, 9.17) is 9.47 Å². The Morgan fingerprint density at radius 2 is 2.17 bits per heavy atom. The number of rotatable bonds is 1. The molecule has 0 aliphatic carbocycles. The minimum absolute atomic E-state index is 0.332. The van der Waals surface area contributed by atoms with Crippen LogP contribution in [0.4, 0.5) is 0 Å². The Kier molecular flexibility index (Phi) is 2.70. The van der Waals surface area contributed by atoms with Crippen LogP contribution in [-0.2, 0) is 11.3 Å². The van der Waals surface area contributed by atoms with Crippen molar-refractivity contribution >= 4 is 16.9 Å². The molecule has 4 nitrogen and oxygen atoms in total. The molecule has 94 valence electrons. The first-order valence-corrected chi connectivity index (χ1v) is 6.15. The zero-order valence-electron chi connectivity index (χ0n) is 10.3. The maximum absolute atomic E-state index is 12.0. The van der Waals surface area contributed by atoms with Crippen molar-refractivity contribution in [3.05, 3.63) is 29.8 Å². The van der Waals surface area contributed by atoms with Crippen LogP contribution < -0.4 is 4.74 Å². The van der Waals surface area contributed by atoms with Gasteiger partial charge in [-0.1, -0.05) is 18.2 Å². The Morgan fingerprint density at radius 1 is 1.33 bits per heavy atom. The molecule has 0 fully saturated rings. The van der Waals surface area contributed by atoms with Crippen molar-refractivity contribution in [2.24, 2.45) is 0 Å². The lowest BCUT2D eigenvalue weighted by atomic mass is 10.2. The molecule has 4 heteroatoms. The zero-order chi connectivity index (χ0) is 12.5. The quantitative estimate of drug-likeness (QED) is 0.725. The largest absolute Gasteiger partial charge is 0.478 e. The first-order valence-electron chi connectivity index (χ1n) is 6.15. The number of para-hydroxylation sites is 1. The fourth-order valence-electron chi connectivity index (χ4n) is 2.49. The molecule has 0 unspecified atom stereocenters. The van der Waals surface area contributed by atoms with Crippen LogP contribution in [0.3, 0.4) is 0 Å². The first-order chi connectivity index (χ1) is 8.83. The SMILES string of the molecule is COC(=O)c1c2n(c3ccccc13)CCCCO2. The second kappa shape index (κ2) is 4.37. The Balaban J connectivity index is 2.31. The summed E-state index contributed by atoms with van der Waals surface area (Å²) in [4.78, 5) is 12.0. The number of carbonyl (C=O) groups is 1. The smallest absolute Gasteiger partial charge is 0.344 e. The fraction of sp³-hybridized carbons (Fsp3) is 0.357. The lowest BCUT2D eigenvalue weighted by molar-refractivity contribution is 0.0598. The van der Waals surface area contributed by atoms with Crippen molar-refractivity contribution in [2.45, 2.75) is 19.4 Å². The van der Waals surface area contributed by atoms with Gasteiger partial charge in [-0.05, 0) is 18.9 Å². The number of hydrogen-bond acceptors (Lipinski definition) is 3. The molecule has 1 aromatic carbocycles. The molecule has 0 saturated heterocycles. The number of methoxy groups -OCH3 is 1. The molecule has 3 rings (SSSR count). The summed E-state index contributed by atoms with van der Waals surface area (Å²) in [5, 5.41) is 0.904. The van der Waals surface area contributed by atoms with Gasteiger partial charge in [0.25, 0.3) is 0 Å². The molecule has 2 heterocycles. The van der Waals surface area contributed by atoms with E-state index in [1.165, 1.54) is 7.11 Å². The van der Waals surface area contributed by atoms with Crippen molar-refractivity contribution in [1.82, 2.24) is 4.57 Å². The topological polar surface area (TPSA) is 40.5 Å². The van der Waals surface area contributed by atoms with Gasteiger partial charge in [0, 0.05) is 11.9 Å². The van der Waals surface area contributed by atoms with Gasteiger partial charge in [-0.3, -0.25) is 0 Å². The van der Waals surface area contributed by atoms with Gasteiger partial charge in [-0.2, -0.15) is 0 Å². The van der Waals surface area contributed by atoms with Crippen molar-refractivity contribution in [3.63, 3.8) is 0 Å². The predicted molar refractivity (Wildman–Crippen MR) is 68.0 cm³/mol. The molecule has 1 aromatic heterocycles. The molecule has 0 N–H and O–H groups in total. The molecule has 1 aliphatic rings. The van der Waals surface area contributed by atoms with E-state index in [-0.39, 0.29) is 5.97 Å². The van der Waals surface area contributed by atoms with Gasteiger partial charge in [0.1, 0.15) is 5.56 Å². The zero-order valence-corrected chi connectivity index (χ0v) is 10.3. The molecular weight excluding hydrogens is 230 g/mol. The Morgan fingerprint density at radius 3 is 3.00 bits per heavy atom. The summed E-state index contributed by atoms with van der Waals surface area (Å²) in [7, 11) is 1.40. The molecule has 0 bridgehead atoms. The number of aromatic nitrogens is 1. The Bertz CT molecular complexity index is 600. The summed E-state index contributed by atoms with van der Waals surface area (Å²) in [5.41, 5.74) is 1.59. The lowest BCUT2D eigenvalue weighted by Gasteiger charge is -2.07. The third-order valence-electron chi connectivity index (χ3n) is 3.33. The minimum Gasteiger partial charge on any atom is -0.478 e. The van der Waals surface area contributed by atoms with E-state index in [1.54, 1.807) is 0 Å². The predicted octanol–water partition coefficient (Wildman–Crippen LogP) is 2.60. The second-order valence-electron chi connectivity index (χ2n) is 4.40. The number of fused-ring (bicyclic) bond motifs is 3. The first kappa shape index (κ1) is 11.1. The van der Waals surface area contributed by atoms with Crippen LogP contribution in [-0.4, -0.2) is 24.3 Å². The summed E-state index contributed by atoms with van der Waals surface area (Å²) in [6.07, 6.45) is 2.07. The van der Waals surface area contributed by atoms with Crippen LogP contribution in [0.2, 0.25) is 0 Å². The Hall–Kier alpha value is -1.97. The van der Waals surface area contributed by atoms with Crippen LogP contribution in [0, 0.1) is 0 Å².